The van der Waals surface area contributed by atoms with Gasteiger partial charge in [-0.05, 0) is 17.9 Å². The van der Waals surface area contributed by atoms with Crippen LogP contribution in [0.4, 0.5) is 5.95 Å². The Morgan fingerprint density at radius 2 is 2.25 bits per heavy atom. The average Bonchev–Trinajstić information content (AvgIpc) is 2.33. The van der Waals surface area contributed by atoms with Crippen molar-refractivity contribution in [2.45, 2.75) is 6.92 Å². The molecule has 0 aliphatic heterocycles. The zero-order chi connectivity index (χ0) is 8.72. The fourth-order valence-electron chi connectivity index (χ4n) is 1.01. The maximum atomic E-state index is 5.85. The number of hydrogen-bond donors (Lipinski definition) is 1. The number of nitrogen functional groups attached to an aromatic ring is 1. The predicted octanol–water partition coefficient (Wildman–Crippen LogP) is 2.24. The molecule has 0 amide bonds. The third-order valence-corrected chi connectivity index (χ3v) is 3.05. The maximum Gasteiger partial charge on any atom is 0.222 e. The number of fused-ring (bicyclic) bond motifs is 1. The van der Waals surface area contributed by atoms with E-state index in [1.165, 1.54) is 11.3 Å². The first kappa shape index (κ1) is 7.76. The van der Waals surface area contributed by atoms with Crippen LogP contribution in [0.25, 0.3) is 10.2 Å². The number of rotatable bonds is 0. The van der Waals surface area contributed by atoms with Crippen LogP contribution in [0.5, 0.6) is 0 Å². The molecule has 0 aliphatic rings. The van der Waals surface area contributed by atoms with Crippen molar-refractivity contribution >= 4 is 39.1 Å². The molecule has 2 aromatic heterocycles. The van der Waals surface area contributed by atoms with Crippen LogP contribution in [-0.4, -0.2) is 9.97 Å². The lowest BCUT2D eigenvalue weighted by molar-refractivity contribution is 1.24. The van der Waals surface area contributed by atoms with Gasteiger partial charge in [0, 0.05) is 0 Å². The number of hydrogen-bond acceptors (Lipinski definition) is 4. The van der Waals surface area contributed by atoms with Crippen molar-refractivity contribution in [2.75, 3.05) is 5.73 Å². The van der Waals surface area contributed by atoms with E-state index in [1.54, 1.807) is 0 Å². The lowest BCUT2D eigenvalue weighted by Crippen LogP contribution is -1.94. The summed E-state index contributed by atoms with van der Waals surface area (Å²) in [5, 5.41) is 2.43. The summed E-state index contributed by atoms with van der Waals surface area (Å²) in [4.78, 5) is 7.95. The van der Waals surface area contributed by atoms with Crippen molar-refractivity contribution in [1.29, 1.82) is 0 Å². The Hall–Kier alpha value is -0.870. The molecule has 0 unspecified atom stereocenters. The molecular weight excluding hydrogens is 194 g/mol. The Balaban J connectivity index is 2.92. The van der Waals surface area contributed by atoms with Crippen LogP contribution in [0, 0.1) is 6.92 Å². The number of thiophene rings is 1. The molecule has 5 heteroatoms. The third kappa shape index (κ3) is 1.04. The molecule has 0 saturated carbocycles. The van der Waals surface area contributed by atoms with Crippen molar-refractivity contribution in [2.24, 2.45) is 0 Å². The van der Waals surface area contributed by atoms with E-state index in [2.05, 4.69) is 9.97 Å². The van der Waals surface area contributed by atoms with E-state index in [9.17, 15) is 0 Å². The molecule has 2 aromatic rings. The van der Waals surface area contributed by atoms with Gasteiger partial charge in [0.25, 0.3) is 0 Å². The monoisotopic (exact) mass is 199 g/mol. The Kier molecular flexibility index (Phi) is 1.66. The lowest BCUT2D eigenvalue weighted by Gasteiger charge is -1.95. The van der Waals surface area contributed by atoms with Crippen molar-refractivity contribution in [3.8, 4) is 0 Å². The van der Waals surface area contributed by atoms with Crippen LogP contribution >= 0.6 is 22.9 Å². The van der Waals surface area contributed by atoms with Crippen molar-refractivity contribution in [1.82, 2.24) is 9.97 Å². The fraction of sp³-hybridized carbons (Fsp3) is 0.143. The van der Waals surface area contributed by atoms with Crippen LogP contribution in [0.3, 0.4) is 0 Å². The number of aromatic nitrogens is 2. The summed E-state index contributed by atoms with van der Waals surface area (Å²) in [6, 6.07) is 0. The Morgan fingerprint density at radius 3 is 3.00 bits per heavy atom. The highest BCUT2D eigenvalue weighted by Crippen LogP contribution is 2.29. The predicted molar refractivity (Wildman–Crippen MR) is 51.6 cm³/mol. The quantitative estimate of drug-likeness (QED) is 0.662. The molecule has 12 heavy (non-hydrogen) atoms. The molecule has 0 aliphatic carbocycles. The van der Waals surface area contributed by atoms with E-state index in [1.807, 2.05) is 12.3 Å². The molecule has 0 atom stereocenters. The highest BCUT2D eigenvalue weighted by atomic mass is 35.5. The molecule has 0 spiro atoms. The van der Waals surface area contributed by atoms with E-state index in [4.69, 9.17) is 17.3 Å². The summed E-state index contributed by atoms with van der Waals surface area (Å²) >= 11 is 7.39. The second-order valence-electron chi connectivity index (χ2n) is 2.47. The van der Waals surface area contributed by atoms with Crippen molar-refractivity contribution in [3.05, 3.63) is 16.1 Å². The first-order valence-electron chi connectivity index (χ1n) is 3.35. The second kappa shape index (κ2) is 2.57. The molecule has 62 valence electrons. The number of nitrogens with two attached hydrogens (primary N) is 1. The fourth-order valence-corrected chi connectivity index (χ4v) is 2.19. The van der Waals surface area contributed by atoms with Crippen molar-refractivity contribution in [3.63, 3.8) is 0 Å². The van der Waals surface area contributed by atoms with Gasteiger partial charge in [0.2, 0.25) is 5.95 Å². The summed E-state index contributed by atoms with van der Waals surface area (Å²) < 4.78 is 0.906. The Bertz CT molecular complexity index is 437. The Morgan fingerprint density at radius 1 is 1.50 bits per heavy atom. The van der Waals surface area contributed by atoms with Gasteiger partial charge in [0.15, 0.2) is 5.15 Å². The molecular formula is C7H6ClN3S. The van der Waals surface area contributed by atoms with Gasteiger partial charge in [-0.25, -0.2) is 4.98 Å². The number of halogens is 1. The van der Waals surface area contributed by atoms with Gasteiger partial charge in [0.1, 0.15) is 0 Å². The molecule has 0 saturated heterocycles. The molecule has 2 heterocycles. The summed E-state index contributed by atoms with van der Waals surface area (Å²) in [5.41, 5.74) is 7.40. The van der Waals surface area contributed by atoms with Crippen LogP contribution in [0.2, 0.25) is 5.15 Å². The van der Waals surface area contributed by atoms with Gasteiger partial charge >= 0.3 is 0 Å². The minimum atomic E-state index is 0.231. The number of aryl methyl sites for hydroxylation is 1. The Labute approximate surface area is 78.2 Å². The molecule has 0 fully saturated rings. The largest absolute Gasteiger partial charge is 0.368 e. The van der Waals surface area contributed by atoms with Crippen molar-refractivity contribution < 1.29 is 0 Å². The topological polar surface area (TPSA) is 51.8 Å². The molecule has 3 nitrogen and oxygen atoms in total. The van der Waals surface area contributed by atoms with Gasteiger partial charge in [-0.3, -0.25) is 0 Å². The standard InChI is InChI=1S/C7H6ClN3S/c1-3-2-12-5-4(3)10-7(9)11-6(5)8/h2H,1H3,(H2,9,10,11). The molecule has 2 N–H and O–H groups in total. The normalized spacial score (nSPS) is 10.8. The van der Waals surface area contributed by atoms with Crippen LogP contribution in [-0.2, 0) is 0 Å². The van der Waals surface area contributed by atoms with Crippen LogP contribution < -0.4 is 5.73 Å². The molecule has 2 rings (SSSR count). The smallest absolute Gasteiger partial charge is 0.222 e. The highest BCUT2D eigenvalue weighted by molar-refractivity contribution is 7.18. The number of nitrogens with zero attached hydrogens (tertiary/aromatic N) is 2. The third-order valence-electron chi connectivity index (χ3n) is 1.57. The van der Waals surface area contributed by atoms with Crippen LogP contribution in [0.15, 0.2) is 5.38 Å². The minimum absolute atomic E-state index is 0.231. The van der Waals surface area contributed by atoms with Gasteiger partial charge in [0.05, 0.1) is 10.2 Å². The molecule has 0 radical (unpaired) electrons. The summed E-state index contributed by atoms with van der Waals surface area (Å²) in [6.07, 6.45) is 0. The molecule has 0 aromatic carbocycles. The first-order valence-corrected chi connectivity index (χ1v) is 4.61. The van der Waals surface area contributed by atoms with Gasteiger partial charge < -0.3 is 5.73 Å². The SMILES string of the molecule is Cc1csc2c(Cl)nc(N)nc12. The van der Waals surface area contributed by atoms with Gasteiger partial charge in [-0.1, -0.05) is 11.6 Å². The molecule has 0 bridgehead atoms. The van der Waals surface area contributed by atoms with Gasteiger partial charge in [-0.2, -0.15) is 4.98 Å². The summed E-state index contributed by atoms with van der Waals surface area (Å²) in [5.74, 6) is 0.231. The zero-order valence-corrected chi connectivity index (χ0v) is 7.91. The summed E-state index contributed by atoms with van der Waals surface area (Å²) in [6.45, 7) is 1.97. The number of anilines is 1. The minimum Gasteiger partial charge on any atom is -0.368 e. The maximum absolute atomic E-state index is 5.85. The van der Waals surface area contributed by atoms with Crippen LogP contribution in [0.1, 0.15) is 5.56 Å². The zero-order valence-electron chi connectivity index (χ0n) is 6.34. The van der Waals surface area contributed by atoms with E-state index < -0.39 is 0 Å². The van der Waals surface area contributed by atoms with E-state index in [0.29, 0.717) is 5.15 Å². The lowest BCUT2D eigenvalue weighted by atomic mass is 10.3. The van der Waals surface area contributed by atoms with E-state index in [0.717, 1.165) is 15.8 Å². The summed E-state index contributed by atoms with van der Waals surface area (Å²) in [7, 11) is 0. The highest BCUT2D eigenvalue weighted by Gasteiger charge is 2.07. The van der Waals surface area contributed by atoms with E-state index in [-0.39, 0.29) is 5.95 Å². The van der Waals surface area contributed by atoms with E-state index >= 15 is 0 Å². The second-order valence-corrected chi connectivity index (χ2v) is 3.71. The first-order chi connectivity index (χ1) is 5.68. The van der Waals surface area contributed by atoms with Gasteiger partial charge in [-0.15, -0.1) is 11.3 Å². The average molecular weight is 200 g/mol.